The zero-order chi connectivity index (χ0) is 74.6. The number of rotatable bonds is 84. The normalized spacial score (nSPS) is 13.8. The first-order valence-corrected chi connectivity index (χ1v) is 46.3. The highest BCUT2D eigenvalue weighted by molar-refractivity contribution is 7.47. The van der Waals surface area contributed by atoms with E-state index in [0.29, 0.717) is 25.7 Å². The molecule has 0 aromatic heterocycles. The largest absolute Gasteiger partial charge is 0.472 e. The third-order valence-electron chi connectivity index (χ3n) is 19.6. The minimum absolute atomic E-state index is 0.108. The zero-order valence-corrected chi connectivity index (χ0v) is 68.4. The standard InChI is InChI=1S/C83H162O17P2/c1-5-9-13-17-21-25-29-31-33-35-37-38-39-41-43-45-47-50-54-58-62-66-70-83(88)100-79(74-94-81(86)68-64-60-56-52-49-46-44-42-40-36-34-32-30-26-22-18-14-10-6-2)76-98-102(91,92)96-72-77(84)71-95-101(89,90)97-75-78(73-93-80(85)67-63-59-55-51-28-24-20-16-12-8-4)99-82(87)69-65-61-57-53-48-27-23-19-15-11-7-3/h77-79,84H,5-76H2,1-4H3,(H,89,90)(H,91,92)/t77-,78+,79+/m0/s1. The molecule has 0 aromatic rings. The van der Waals surface area contributed by atoms with Gasteiger partial charge in [0.1, 0.15) is 19.3 Å². The molecule has 0 aliphatic carbocycles. The van der Waals surface area contributed by atoms with Gasteiger partial charge in [-0.25, -0.2) is 9.13 Å². The van der Waals surface area contributed by atoms with Crippen molar-refractivity contribution < 1.29 is 80.2 Å². The van der Waals surface area contributed by atoms with Gasteiger partial charge in [0.25, 0.3) is 0 Å². The maximum atomic E-state index is 13.1. The van der Waals surface area contributed by atoms with Crippen molar-refractivity contribution in [2.75, 3.05) is 39.6 Å². The van der Waals surface area contributed by atoms with Crippen molar-refractivity contribution in [3.63, 3.8) is 0 Å². The molecule has 0 fully saturated rings. The predicted octanol–water partition coefficient (Wildman–Crippen LogP) is 25.4. The summed E-state index contributed by atoms with van der Waals surface area (Å²) in [5, 5.41) is 10.6. The fraction of sp³-hybridized carbons (Fsp3) is 0.952. The summed E-state index contributed by atoms with van der Waals surface area (Å²) in [6, 6.07) is 0. The average molecular weight is 1490 g/mol. The van der Waals surface area contributed by atoms with Gasteiger partial charge in [-0.05, 0) is 25.7 Å². The fourth-order valence-corrected chi connectivity index (χ4v) is 14.6. The van der Waals surface area contributed by atoms with E-state index in [2.05, 4.69) is 27.7 Å². The highest BCUT2D eigenvalue weighted by Gasteiger charge is 2.30. The van der Waals surface area contributed by atoms with Crippen LogP contribution in [0.2, 0.25) is 0 Å². The Balaban J connectivity index is 5.18. The Labute approximate surface area is 626 Å². The van der Waals surface area contributed by atoms with Gasteiger partial charge in [-0.15, -0.1) is 0 Å². The maximum Gasteiger partial charge on any atom is 0.472 e. The Morgan fingerprint density at radius 1 is 0.235 bits per heavy atom. The van der Waals surface area contributed by atoms with Crippen LogP contribution in [0.5, 0.6) is 0 Å². The van der Waals surface area contributed by atoms with Crippen molar-refractivity contribution in [2.24, 2.45) is 0 Å². The number of hydrogen-bond acceptors (Lipinski definition) is 15. The topological polar surface area (TPSA) is 237 Å². The fourth-order valence-electron chi connectivity index (χ4n) is 13.0. The van der Waals surface area contributed by atoms with Gasteiger partial charge >= 0.3 is 39.5 Å². The van der Waals surface area contributed by atoms with Crippen LogP contribution >= 0.6 is 15.6 Å². The van der Waals surface area contributed by atoms with Crippen LogP contribution in [-0.2, 0) is 65.4 Å². The number of phosphoric acid groups is 2. The van der Waals surface area contributed by atoms with Crippen LogP contribution in [0.15, 0.2) is 0 Å². The lowest BCUT2D eigenvalue weighted by molar-refractivity contribution is -0.161. The lowest BCUT2D eigenvalue weighted by atomic mass is 10.0. The Bertz CT molecular complexity index is 1930. The van der Waals surface area contributed by atoms with E-state index in [1.807, 2.05) is 0 Å². The number of esters is 4. The van der Waals surface area contributed by atoms with Gasteiger partial charge in [0, 0.05) is 25.7 Å². The second-order valence-electron chi connectivity index (χ2n) is 29.9. The van der Waals surface area contributed by atoms with Crippen LogP contribution in [-0.4, -0.2) is 96.7 Å². The summed E-state index contributed by atoms with van der Waals surface area (Å²) < 4.78 is 68.7. The molecule has 0 spiro atoms. The SMILES string of the molecule is CCCCCCCCCCCCCCCCCCCCCCCCC(=O)O[C@H](COC(=O)CCCCCCCCCCCCCCCCCCCCC)COP(=O)(O)OC[C@@H](O)COP(=O)(O)OC[C@@H](COC(=O)CCCCCCCCCCCC)OC(=O)CCCCCCCCCCCCC. The van der Waals surface area contributed by atoms with Gasteiger partial charge < -0.3 is 33.8 Å². The summed E-state index contributed by atoms with van der Waals surface area (Å²) in [5.41, 5.74) is 0. The monoisotopic (exact) mass is 1490 g/mol. The van der Waals surface area contributed by atoms with E-state index in [4.69, 9.17) is 37.0 Å². The molecule has 17 nitrogen and oxygen atoms in total. The number of phosphoric ester groups is 2. The molecule has 0 heterocycles. The molecule has 102 heavy (non-hydrogen) atoms. The summed E-state index contributed by atoms with van der Waals surface area (Å²) in [7, 11) is -9.92. The van der Waals surface area contributed by atoms with Crippen LogP contribution in [0.25, 0.3) is 0 Å². The second-order valence-corrected chi connectivity index (χ2v) is 32.8. The first-order chi connectivity index (χ1) is 49.7. The molecule has 19 heteroatoms. The highest BCUT2D eigenvalue weighted by Crippen LogP contribution is 2.45. The summed E-state index contributed by atoms with van der Waals surface area (Å²) >= 11 is 0. The summed E-state index contributed by atoms with van der Waals surface area (Å²) in [4.78, 5) is 73.0. The van der Waals surface area contributed by atoms with Gasteiger partial charge in [-0.1, -0.05) is 400 Å². The second kappa shape index (κ2) is 77.2. The molecule has 0 amide bonds. The van der Waals surface area contributed by atoms with E-state index >= 15 is 0 Å². The molecule has 0 saturated heterocycles. The van der Waals surface area contributed by atoms with Crippen LogP contribution in [0.4, 0.5) is 0 Å². The zero-order valence-electron chi connectivity index (χ0n) is 66.6. The van der Waals surface area contributed by atoms with E-state index in [1.165, 1.54) is 283 Å². The van der Waals surface area contributed by atoms with Gasteiger partial charge in [0.15, 0.2) is 12.2 Å². The first-order valence-electron chi connectivity index (χ1n) is 43.3. The Kier molecular flexibility index (Phi) is 75.8. The van der Waals surface area contributed by atoms with Crippen molar-refractivity contribution in [1.82, 2.24) is 0 Å². The third-order valence-corrected chi connectivity index (χ3v) is 21.5. The minimum atomic E-state index is -4.96. The van der Waals surface area contributed by atoms with Crippen molar-refractivity contribution >= 4 is 39.5 Å². The number of aliphatic hydroxyl groups is 1. The molecule has 0 bridgehead atoms. The van der Waals surface area contributed by atoms with Crippen LogP contribution in [0.1, 0.15) is 451 Å². The van der Waals surface area contributed by atoms with Crippen molar-refractivity contribution in [2.45, 2.75) is 470 Å². The summed E-state index contributed by atoms with van der Waals surface area (Å²) in [6.45, 7) is 5.02. The quantitative estimate of drug-likeness (QED) is 0.0222. The molecule has 2 unspecified atom stereocenters. The average Bonchev–Trinajstić information content (AvgIpc) is 0.915. The van der Waals surface area contributed by atoms with E-state index in [-0.39, 0.29) is 25.7 Å². The number of unbranched alkanes of at least 4 members (excludes halogenated alkanes) is 58. The van der Waals surface area contributed by atoms with Gasteiger partial charge in [-0.3, -0.25) is 37.3 Å². The molecule has 3 N–H and O–H groups in total. The molecule has 0 aliphatic rings. The van der Waals surface area contributed by atoms with Crippen LogP contribution < -0.4 is 0 Å². The predicted molar refractivity (Wildman–Crippen MR) is 419 cm³/mol. The molecule has 0 saturated carbocycles. The molecule has 5 atom stereocenters. The molecule has 0 rings (SSSR count). The Morgan fingerprint density at radius 2 is 0.392 bits per heavy atom. The van der Waals surface area contributed by atoms with Crippen molar-refractivity contribution in [1.29, 1.82) is 0 Å². The molecular formula is C83H162O17P2. The smallest absolute Gasteiger partial charge is 0.462 e. The summed E-state index contributed by atoms with van der Waals surface area (Å²) in [5.74, 6) is -2.10. The number of hydrogen-bond donors (Lipinski definition) is 3. The Morgan fingerprint density at radius 3 is 0.578 bits per heavy atom. The third kappa shape index (κ3) is 76.3. The van der Waals surface area contributed by atoms with Crippen LogP contribution in [0.3, 0.4) is 0 Å². The van der Waals surface area contributed by atoms with Crippen molar-refractivity contribution in [3.05, 3.63) is 0 Å². The molecule has 606 valence electrons. The van der Waals surface area contributed by atoms with E-state index in [9.17, 15) is 43.2 Å². The molecular weight excluding hydrogens is 1330 g/mol. The lowest BCUT2D eigenvalue weighted by Crippen LogP contribution is -2.30. The summed E-state index contributed by atoms with van der Waals surface area (Å²) in [6.07, 6.45) is 70.9. The van der Waals surface area contributed by atoms with E-state index < -0.39 is 97.5 Å². The van der Waals surface area contributed by atoms with Gasteiger partial charge in [0.2, 0.25) is 0 Å². The minimum Gasteiger partial charge on any atom is -0.462 e. The van der Waals surface area contributed by atoms with Gasteiger partial charge in [-0.2, -0.15) is 0 Å². The molecule has 0 radical (unpaired) electrons. The maximum absolute atomic E-state index is 13.1. The van der Waals surface area contributed by atoms with Crippen LogP contribution in [0, 0.1) is 0 Å². The number of aliphatic hydroxyl groups excluding tert-OH is 1. The van der Waals surface area contributed by atoms with E-state index in [1.54, 1.807) is 0 Å². The molecule has 0 aromatic carbocycles. The Hall–Kier alpha value is -1.94. The van der Waals surface area contributed by atoms with Crippen molar-refractivity contribution in [3.8, 4) is 0 Å². The number of carbonyl (C=O) groups is 4. The lowest BCUT2D eigenvalue weighted by Gasteiger charge is -2.21. The van der Waals surface area contributed by atoms with Gasteiger partial charge in [0.05, 0.1) is 26.4 Å². The highest BCUT2D eigenvalue weighted by atomic mass is 31.2. The van der Waals surface area contributed by atoms with E-state index in [0.717, 1.165) is 89.9 Å². The first kappa shape index (κ1) is 100. The molecule has 0 aliphatic heterocycles. The number of carbonyl (C=O) groups excluding carboxylic acids is 4. The number of ether oxygens (including phenoxy) is 4.